The van der Waals surface area contributed by atoms with Gasteiger partial charge in [-0.1, -0.05) is 37.3 Å². The van der Waals surface area contributed by atoms with Crippen molar-refractivity contribution in [2.24, 2.45) is 0 Å². The average molecular weight is 460 g/mol. The lowest BCUT2D eigenvalue weighted by Crippen LogP contribution is -2.38. The van der Waals surface area contributed by atoms with Crippen LogP contribution in [0, 0.1) is 6.92 Å². The summed E-state index contributed by atoms with van der Waals surface area (Å²) in [7, 11) is 1.63. The molecule has 178 valence electrons. The van der Waals surface area contributed by atoms with Crippen molar-refractivity contribution in [3.63, 3.8) is 0 Å². The quantitative estimate of drug-likeness (QED) is 0.579. The van der Waals surface area contributed by atoms with Gasteiger partial charge in [0.15, 0.2) is 0 Å². The number of aromatic nitrogens is 2. The molecule has 0 radical (unpaired) electrons. The predicted molar refractivity (Wildman–Crippen MR) is 136 cm³/mol. The second-order valence-electron chi connectivity index (χ2n) is 8.52. The first-order chi connectivity index (χ1) is 16.6. The highest BCUT2D eigenvalue weighted by molar-refractivity contribution is 5.89. The van der Waals surface area contributed by atoms with Crippen molar-refractivity contribution < 1.29 is 9.53 Å². The van der Waals surface area contributed by atoms with E-state index in [1.54, 1.807) is 7.11 Å². The number of nitrogens with zero attached hydrogens (tertiary/aromatic N) is 4. The molecule has 1 aliphatic heterocycles. The summed E-state index contributed by atoms with van der Waals surface area (Å²) >= 11 is 0. The summed E-state index contributed by atoms with van der Waals surface area (Å²) in [6, 6.07) is 17.8. The van der Waals surface area contributed by atoms with E-state index in [0.717, 1.165) is 61.1 Å². The number of hydrogen-bond acceptors (Lipinski definition) is 5. The van der Waals surface area contributed by atoms with Crippen LogP contribution in [0.25, 0.3) is 0 Å². The van der Waals surface area contributed by atoms with Crippen LogP contribution in [0.4, 0.5) is 16.3 Å². The SMILES string of the molecule is CCc1nc(C)nc(N2CCCN(C(=O)Nc3ccc(OC)cc3)CC2)c1Cc1ccccc1. The largest absolute Gasteiger partial charge is 0.497 e. The normalized spacial score (nSPS) is 14.0. The molecule has 34 heavy (non-hydrogen) atoms. The van der Waals surface area contributed by atoms with E-state index in [1.165, 1.54) is 11.1 Å². The molecule has 0 unspecified atom stereocenters. The molecule has 0 spiro atoms. The molecular weight excluding hydrogens is 426 g/mol. The molecule has 2 heterocycles. The minimum atomic E-state index is -0.0790. The number of anilines is 2. The molecule has 0 atom stereocenters. The Labute approximate surface area is 201 Å². The number of methoxy groups -OCH3 is 1. The molecule has 0 saturated carbocycles. The Morgan fingerprint density at radius 1 is 1.00 bits per heavy atom. The Hall–Kier alpha value is -3.61. The summed E-state index contributed by atoms with van der Waals surface area (Å²) in [5.41, 5.74) is 4.30. The van der Waals surface area contributed by atoms with Crippen LogP contribution in [0.2, 0.25) is 0 Å². The van der Waals surface area contributed by atoms with E-state index in [4.69, 9.17) is 14.7 Å². The topological polar surface area (TPSA) is 70.6 Å². The minimum absolute atomic E-state index is 0.0790. The van der Waals surface area contributed by atoms with Crippen LogP contribution in [-0.2, 0) is 12.8 Å². The van der Waals surface area contributed by atoms with Gasteiger partial charge in [0.2, 0.25) is 0 Å². The number of aryl methyl sites for hydroxylation is 2. The Kier molecular flexibility index (Phi) is 7.62. The summed E-state index contributed by atoms with van der Waals surface area (Å²) in [5.74, 6) is 2.56. The first-order valence-electron chi connectivity index (χ1n) is 11.9. The number of rotatable bonds is 6. The second-order valence-corrected chi connectivity index (χ2v) is 8.52. The van der Waals surface area contributed by atoms with E-state index in [9.17, 15) is 4.79 Å². The number of hydrogen-bond donors (Lipinski definition) is 1. The Bertz CT molecular complexity index is 1100. The fraction of sp³-hybridized carbons (Fsp3) is 0.370. The molecular formula is C27H33N5O2. The molecule has 7 heteroatoms. The molecule has 0 aliphatic carbocycles. The van der Waals surface area contributed by atoms with E-state index in [1.807, 2.05) is 42.2 Å². The number of carbonyl (C=O) groups excluding carboxylic acids is 1. The average Bonchev–Trinajstić information content (AvgIpc) is 3.12. The Morgan fingerprint density at radius 2 is 1.76 bits per heavy atom. The van der Waals surface area contributed by atoms with E-state index in [-0.39, 0.29) is 6.03 Å². The number of ether oxygens (including phenoxy) is 1. The monoisotopic (exact) mass is 459 g/mol. The van der Waals surface area contributed by atoms with Crippen LogP contribution in [0.15, 0.2) is 54.6 Å². The smallest absolute Gasteiger partial charge is 0.321 e. The first kappa shape index (κ1) is 23.5. The van der Waals surface area contributed by atoms with Gasteiger partial charge in [0.1, 0.15) is 17.4 Å². The fourth-order valence-corrected chi connectivity index (χ4v) is 4.38. The van der Waals surface area contributed by atoms with Gasteiger partial charge in [-0.2, -0.15) is 0 Å². The number of carbonyl (C=O) groups is 1. The van der Waals surface area contributed by atoms with Crippen molar-refractivity contribution in [1.29, 1.82) is 0 Å². The highest BCUT2D eigenvalue weighted by Crippen LogP contribution is 2.26. The molecule has 4 rings (SSSR count). The van der Waals surface area contributed by atoms with E-state index >= 15 is 0 Å². The molecule has 1 aliphatic rings. The molecule has 0 bridgehead atoms. The van der Waals surface area contributed by atoms with Crippen LogP contribution in [0.5, 0.6) is 5.75 Å². The van der Waals surface area contributed by atoms with E-state index < -0.39 is 0 Å². The maximum Gasteiger partial charge on any atom is 0.321 e. The Balaban J connectivity index is 1.50. The maximum atomic E-state index is 12.9. The third-order valence-electron chi connectivity index (χ3n) is 6.17. The lowest BCUT2D eigenvalue weighted by Gasteiger charge is -2.26. The molecule has 3 aromatic rings. The van der Waals surface area contributed by atoms with Gasteiger partial charge in [-0.25, -0.2) is 14.8 Å². The van der Waals surface area contributed by atoms with E-state index in [2.05, 4.69) is 41.4 Å². The number of amides is 2. The molecule has 1 aromatic heterocycles. The zero-order valence-electron chi connectivity index (χ0n) is 20.3. The molecule has 2 aromatic carbocycles. The van der Waals surface area contributed by atoms with Crippen LogP contribution in [-0.4, -0.2) is 54.2 Å². The van der Waals surface area contributed by atoms with Gasteiger partial charge < -0.3 is 19.9 Å². The standard InChI is InChI=1S/C27H33N5O2/c1-4-25-24(19-21-9-6-5-7-10-21)26(29-20(2)28-25)31-15-8-16-32(18-17-31)27(33)30-22-11-13-23(34-3)14-12-22/h5-7,9-14H,4,8,15-19H2,1-3H3,(H,30,33). The zero-order valence-corrected chi connectivity index (χ0v) is 20.3. The summed E-state index contributed by atoms with van der Waals surface area (Å²) in [4.78, 5) is 26.8. The zero-order chi connectivity index (χ0) is 23.9. The van der Waals surface area contributed by atoms with Crippen molar-refractivity contribution >= 4 is 17.5 Å². The second kappa shape index (κ2) is 11.0. The van der Waals surface area contributed by atoms with Gasteiger partial charge >= 0.3 is 6.03 Å². The minimum Gasteiger partial charge on any atom is -0.497 e. The fourth-order valence-electron chi connectivity index (χ4n) is 4.38. The van der Waals surface area contributed by atoms with Crippen molar-refractivity contribution in [2.45, 2.75) is 33.1 Å². The first-order valence-corrected chi connectivity index (χ1v) is 11.9. The third kappa shape index (κ3) is 5.65. The molecule has 1 fully saturated rings. The van der Waals surface area contributed by atoms with Crippen molar-refractivity contribution in [3.8, 4) is 5.75 Å². The van der Waals surface area contributed by atoms with Gasteiger partial charge in [0, 0.05) is 49.5 Å². The van der Waals surface area contributed by atoms with Crippen LogP contribution < -0.4 is 15.0 Å². The predicted octanol–water partition coefficient (Wildman–Crippen LogP) is 4.69. The number of nitrogens with one attached hydrogen (secondary N) is 1. The van der Waals surface area contributed by atoms with Crippen molar-refractivity contribution in [2.75, 3.05) is 43.5 Å². The van der Waals surface area contributed by atoms with Gasteiger partial charge in [-0.15, -0.1) is 0 Å². The lowest BCUT2D eigenvalue weighted by atomic mass is 10.0. The summed E-state index contributed by atoms with van der Waals surface area (Å²) in [5, 5.41) is 3.00. The van der Waals surface area contributed by atoms with Gasteiger partial charge in [0.05, 0.1) is 7.11 Å². The van der Waals surface area contributed by atoms with Crippen LogP contribution in [0.3, 0.4) is 0 Å². The van der Waals surface area contributed by atoms with Gasteiger partial charge in [-0.05, 0) is 49.6 Å². The Morgan fingerprint density at radius 3 is 2.47 bits per heavy atom. The van der Waals surface area contributed by atoms with E-state index in [0.29, 0.717) is 13.1 Å². The van der Waals surface area contributed by atoms with Crippen LogP contribution >= 0.6 is 0 Å². The number of benzene rings is 2. The highest BCUT2D eigenvalue weighted by Gasteiger charge is 2.23. The van der Waals surface area contributed by atoms with Crippen molar-refractivity contribution in [3.05, 3.63) is 77.2 Å². The summed E-state index contributed by atoms with van der Waals surface area (Å²) < 4.78 is 5.19. The molecule has 2 amide bonds. The van der Waals surface area contributed by atoms with Gasteiger partial charge in [0.25, 0.3) is 0 Å². The van der Waals surface area contributed by atoms with Crippen LogP contribution in [0.1, 0.15) is 36.0 Å². The molecule has 1 N–H and O–H groups in total. The highest BCUT2D eigenvalue weighted by atomic mass is 16.5. The van der Waals surface area contributed by atoms with Gasteiger partial charge in [-0.3, -0.25) is 0 Å². The summed E-state index contributed by atoms with van der Waals surface area (Å²) in [6.45, 7) is 7.04. The molecule has 1 saturated heterocycles. The summed E-state index contributed by atoms with van der Waals surface area (Å²) in [6.07, 6.45) is 2.55. The lowest BCUT2D eigenvalue weighted by molar-refractivity contribution is 0.215. The third-order valence-corrected chi connectivity index (χ3v) is 6.17. The number of urea groups is 1. The maximum absolute atomic E-state index is 12.9. The van der Waals surface area contributed by atoms with Crippen molar-refractivity contribution in [1.82, 2.24) is 14.9 Å². The molecule has 7 nitrogen and oxygen atoms in total.